The Hall–Kier alpha value is -2.57. The molecular weight excluding hydrogens is 378 g/mol. The van der Waals surface area contributed by atoms with E-state index in [9.17, 15) is 9.59 Å². The molecule has 28 heavy (non-hydrogen) atoms. The fourth-order valence-corrected chi connectivity index (χ4v) is 2.62. The smallest absolute Gasteiger partial charge is 0.257 e. The average molecular weight is 406 g/mol. The second-order valence-electron chi connectivity index (χ2n) is 6.33. The quantitative estimate of drug-likeness (QED) is 0.597. The average Bonchev–Trinajstić information content (AvgIpc) is 2.70. The van der Waals surface area contributed by atoms with Crippen LogP contribution in [-0.4, -0.2) is 25.0 Å². The number of nitrogens with two attached hydrogens (primary N) is 1. The van der Waals surface area contributed by atoms with Crippen LogP contribution in [0.1, 0.15) is 31.0 Å². The van der Waals surface area contributed by atoms with Gasteiger partial charge in [-0.25, -0.2) is 0 Å². The molecule has 0 aromatic heterocycles. The monoisotopic (exact) mass is 405 g/mol. The van der Waals surface area contributed by atoms with Crippen LogP contribution in [0.15, 0.2) is 54.6 Å². The summed E-state index contributed by atoms with van der Waals surface area (Å²) in [6.07, 6.45) is 0. The van der Waals surface area contributed by atoms with Crippen LogP contribution in [0.25, 0.3) is 0 Å². The first-order valence-electron chi connectivity index (χ1n) is 9.08. The zero-order valence-electron chi connectivity index (χ0n) is 16.2. The Morgan fingerprint density at radius 1 is 1.07 bits per heavy atom. The van der Waals surface area contributed by atoms with Crippen molar-refractivity contribution in [2.45, 2.75) is 26.4 Å². The van der Waals surface area contributed by atoms with E-state index in [4.69, 9.17) is 10.5 Å². The third kappa shape index (κ3) is 7.21. The van der Waals surface area contributed by atoms with Crippen LogP contribution in [0.5, 0.6) is 5.75 Å². The third-order valence-electron chi connectivity index (χ3n) is 4.25. The van der Waals surface area contributed by atoms with Crippen molar-refractivity contribution in [3.63, 3.8) is 0 Å². The van der Waals surface area contributed by atoms with Crippen molar-refractivity contribution in [2.24, 2.45) is 11.7 Å². The van der Waals surface area contributed by atoms with Gasteiger partial charge in [-0.3, -0.25) is 9.59 Å². The normalized spacial score (nSPS) is 12.2. The first-order valence-corrected chi connectivity index (χ1v) is 9.08. The van der Waals surface area contributed by atoms with E-state index in [1.807, 2.05) is 56.3 Å². The highest BCUT2D eigenvalue weighted by Gasteiger charge is 2.21. The van der Waals surface area contributed by atoms with E-state index in [1.165, 1.54) is 0 Å². The van der Waals surface area contributed by atoms with Gasteiger partial charge in [0.05, 0.1) is 5.92 Å². The molecule has 2 unspecified atom stereocenters. The first kappa shape index (κ1) is 23.5. The molecule has 2 atom stereocenters. The van der Waals surface area contributed by atoms with Gasteiger partial charge in [-0.1, -0.05) is 49.4 Å². The Morgan fingerprint density at radius 3 is 2.46 bits per heavy atom. The minimum absolute atomic E-state index is 0. The van der Waals surface area contributed by atoms with Gasteiger partial charge in [-0.05, 0) is 30.2 Å². The summed E-state index contributed by atoms with van der Waals surface area (Å²) >= 11 is 0. The summed E-state index contributed by atoms with van der Waals surface area (Å²) in [7, 11) is 0. The van der Waals surface area contributed by atoms with Crippen molar-refractivity contribution in [3.8, 4) is 5.75 Å². The van der Waals surface area contributed by atoms with Gasteiger partial charge < -0.3 is 21.1 Å². The maximum Gasteiger partial charge on any atom is 0.257 e. The molecule has 4 N–H and O–H groups in total. The van der Waals surface area contributed by atoms with E-state index in [0.717, 1.165) is 11.1 Å². The van der Waals surface area contributed by atoms with Gasteiger partial charge in [0.25, 0.3) is 5.91 Å². The lowest BCUT2D eigenvalue weighted by molar-refractivity contribution is -0.125. The fourth-order valence-electron chi connectivity index (χ4n) is 2.62. The molecule has 0 aliphatic heterocycles. The van der Waals surface area contributed by atoms with Crippen molar-refractivity contribution < 1.29 is 14.3 Å². The maximum absolute atomic E-state index is 12.4. The Kier molecular flexibility index (Phi) is 10.1. The van der Waals surface area contributed by atoms with Gasteiger partial charge in [0.15, 0.2) is 6.61 Å². The second kappa shape index (κ2) is 12.0. The number of benzene rings is 2. The first-order chi connectivity index (χ1) is 13.0. The summed E-state index contributed by atoms with van der Waals surface area (Å²) in [5.74, 6) is -0.0495. The van der Waals surface area contributed by atoms with Crippen molar-refractivity contribution in [1.29, 1.82) is 0 Å². The number of ether oxygens (including phenoxy) is 1. The molecule has 0 bridgehead atoms. The lowest BCUT2D eigenvalue weighted by Crippen LogP contribution is -2.35. The van der Waals surface area contributed by atoms with Crippen LogP contribution in [0.4, 0.5) is 0 Å². The van der Waals surface area contributed by atoms with Crippen LogP contribution in [0.3, 0.4) is 0 Å². The molecule has 0 spiro atoms. The van der Waals surface area contributed by atoms with Gasteiger partial charge in [-0.15, -0.1) is 12.4 Å². The lowest BCUT2D eigenvalue weighted by atomic mass is 9.94. The molecule has 0 aliphatic rings. The SMILES string of the molecule is CCNC(=O)COc1cccc(CNC(=O)C(C)C(N)c2ccccc2)c1.Cl. The van der Waals surface area contributed by atoms with E-state index in [2.05, 4.69) is 10.6 Å². The number of nitrogens with one attached hydrogen (secondary N) is 2. The lowest BCUT2D eigenvalue weighted by Gasteiger charge is -2.20. The van der Waals surface area contributed by atoms with E-state index in [-0.39, 0.29) is 42.8 Å². The van der Waals surface area contributed by atoms with E-state index in [0.29, 0.717) is 18.8 Å². The summed E-state index contributed by atoms with van der Waals surface area (Å²) in [6, 6.07) is 16.5. The number of carbonyl (C=O) groups excluding carboxylic acids is 2. The summed E-state index contributed by atoms with van der Waals surface area (Å²) in [6.45, 7) is 4.57. The number of amides is 2. The molecule has 2 aromatic carbocycles. The van der Waals surface area contributed by atoms with Gasteiger partial charge in [-0.2, -0.15) is 0 Å². The minimum atomic E-state index is -0.363. The number of halogens is 1. The molecule has 152 valence electrons. The highest BCUT2D eigenvalue weighted by molar-refractivity contribution is 5.85. The molecule has 2 rings (SSSR count). The zero-order chi connectivity index (χ0) is 19.6. The molecule has 0 saturated heterocycles. The Morgan fingerprint density at radius 2 is 1.79 bits per heavy atom. The Labute approximate surface area is 172 Å². The highest BCUT2D eigenvalue weighted by Crippen LogP contribution is 2.19. The van der Waals surface area contributed by atoms with E-state index >= 15 is 0 Å². The number of hydrogen-bond acceptors (Lipinski definition) is 4. The van der Waals surface area contributed by atoms with Crippen LogP contribution >= 0.6 is 12.4 Å². The van der Waals surface area contributed by atoms with Crippen LogP contribution in [0.2, 0.25) is 0 Å². The van der Waals surface area contributed by atoms with Gasteiger partial charge >= 0.3 is 0 Å². The molecule has 7 heteroatoms. The molecule has 2 aromatic rings. The Bertz CT molecular complexity index is 756. The number of rotatable bonds is 9. The fraction of sp³-hybridized carbons (Fsp3) is 0.333. The molecule has 0 heterocycles. The highest BCUT2D eigenvalue weighted by atomic mass is 35.5. The van der Waals surface area contributed by atoms with Crippen LogP contribution in [-0.2, 0) is 16.1 Å². The van der Waals surface area contributed by atoms with Crippen molar-refractivity contribution in [2.75, 3.05) is 13.2 Å². The molecule has 0 fully saturated rings. The molecule has 0 saturated carbocycles. The second-order valence-corrected chi connectivity index (χ2v) is 6.33. The number of hydrogen-bond donors (Lipinski definition) is 3. The molecule has 0 aliphatic carbocycles. The van der Waals surface area contributed by atoms with Gasteiger partial charge in [0, 0.05) is 19.1 Å². The summed E-state index contributed by atoms with van der Waals surface area (Å²) < 4.78 is 5.47. The summed E-state index contributed by atoms with van der Waals surface area (Å²) in [4.78, 5) is 23.9. The molecule has 0 radical (unpaired) electrons. The summed E-state index contributed by atoms with van der Waals surface area (Å²) in [5.41, 5.74) is 8.02. The maximum atomic E-state index is 12.4. The van der Waals surface area contributed by atoms with Crippen LogP contribution < -0.4 is 21.1 Å². The predicted octanol–water partition coefficient (Wildman–Crippen LogP) is 2.58. The molecular formula is C21H28ClN3O3. The largest absolute Gasteiger partial charge is 0.484 e. The molecule has 6 nitrogen and oxygen atoms in total. The van der Waals surface area contributed by atoms with Crippen molar-refractivity contribution in [3.05, 3.63) is 65.7 Å². The third-order valence-corrected chi connectivity index (χ3v) is 4.25. The predicted molar refractivity (Wildman–Crippen MR) is 112 cm³/mol. The summed E-state index contributed by atoms with van der Waals surface area (Å²) in [5, 5.41) is 5.58. The van der Waals surface area contributed by atoms with Gasteiger partial charge in [0.2, 0.25) is 5.91 Å². The van der Waals surface area contributed by atoms with E-state index in [1.54, 1.807) is 12.1 Å². The van der Waals surface area contributed by atoms with E-state index < -0.39 is 0 Å². The zero-order valence-corrected chi connectivity index (χ0v) is 17.0. The van der Waals surface area contributed by atoms with Crippen LogP contribution in [0, 0.1) is 5.92 Å². The number of carbonyl (C=O) groups is 2. The topological polar surface area (TPSA) is 93.5 Å². The van der Waals surface area contributed by atoms with Crippen molar-refractivity contribution in [1.82, 2.24) is 10.6 Å². The van der Waals surface area contributed by atoms with Gasteiger partial charge in [0.1, 0.15) is 5.75 Å². The Balaban J connectivity index is 0.00000392. The minimum Gasteiger partial charge on any atom is -0.484 e. The number of likely N-dealkylation sites (N-methyl/N-ethyl adjacent to an activating group) is 1. The van der Waals surface area contributed by atoms with Crippen molar-refractivity contribution >= 4 is 24.2 Å². The standard InChI is InChI=1S/C21H27N3O3.ClH/c1-3-23-19(25)14-27-18-11-7-8-16(12-18)13-24-21(26)15(2)20(22)17-9-5-4-6-10-17;/h4-12,15,20H,3,13-14,22H2,1-2H3,(H,23,25)(H,24,26);1H. The molecule has 2 amide bonds.